The minimum atomic E-state index is -0.424. The predicted octanol–water partition coefficient (Wildman–Crippen LogP) is 5.62. The molecule has 1 fully saturated rings. The first-order valence-corrected chi connectivity index (χ1v) is 10.3. The largest absolute Gasteiger partial charge is 0.293 e. The molecule has 138 valence electrons. The Kier molecular flexibility index (Phi) is 6.21. The van der Waals surface area contributed by atoms with Crippen molar-refractivity contribution in [1.29, 1.82) is 0 Å². The molecule has 0 unspecified atom stereocenters. The smallest absolute Gasteiger partial charge is 0.283 e. The molecule has 0 aromatic heterocycles. The van der Waals surface area contributed by atoms with Crippen molar-refractivity contribution in [3.8, 4) is 0 Å². The van der Waals surface area contributed by atoms with E-state index in [2.05, 4.69) is 0 Å². The first kappa shape index (κ1) is 19.9. The second-order valence-corrected chi connectivity index (χ2v) is 8.69. The van der Waals surface area contributed by atoms with E-state index in [0.717, 1.165) is 4.90 Å². The zero-order chi connectivity index (χ0) is 19.6. The number of halogens is 1. The second-order valence-electron chi connectivity index (χ2n) is 5.47. The van der Waals surface area contributed by atoms with Crippen LogP contribution in [-0.2, 0) is 4.79 Å². The fraction of sp³-hybridized carbons (Fsp3) is 0.111. The number of hydrogen-bond acceptors (Lipinski definition) is 6. The molecule has 3 rings (SSSR count). The maximum atomic E-state index is 12.3. The normalized spacial score (nSPS) is 15.6. The van der Waals surface area contributed by atoms with Crippen LogP contribution in [-0.4, -0.2) is 26.6 Å². The maximum Gasteiger partial charge on any atom is 0.283 e. The van der Waals surface area contributed by atoms with E-state index in [1.54, 1.807) is 42.5 Å². The van der Waals surface area contributed by atoms with Gasteiger partial charge in [0.25, 0.3) is 11.6 Å². The van der Waals surface area contributed by atoms with Gasteiger partial charge in [0.2, 0.25) is 0 Å². The van der Waals surface area contributed by atoms with Crippen LogP contribution in [0.25, 0.3) is 6.08 Å². The molecule has 0 spiro atoms. The van der Waals surface area contributed by atoms with Gasteiger partial charge in [-0.05, 0) is 48.9 Å². The van der Waals surface area contributed by atoms with Crippen molar-refractivity contribution in [1.82, 2.24) is 4.90 Å². The monoisotopic (exact) mass is 436 g/mol. The van der Waals surface area contributed by atoms with Crippen LogP contribution < -0.4 is 0 Å². The first-order chi connectivity index (χ1) is 12.9. The third-order valence-electron chi connectivity index (χ3n) is 3.71. The fourth-order valence-corrected chi connectivity index (χ4v) is 4.82. The highest BCUT2D eigenvalue weighted by atomic mass is 35.5. The van der Waals surface area contributed by atoms with Gasteiger partial charge in [0.15, 0.2) is 0 Å². The summed E-state index contributed by atoms with van der Waals surface area (Å²) < 4.78 is 0.498. The Morgan fingerprint density at radius 3 is 2.59 bits per heavy atom. The Morgan fingerprint density at radius 2 is 2.00 bits per heavy atom. The van der Waals surface area contributed by atoms with Crippen LogP contribution in [0.15, 0.2) is 57.2 Å². The lowest BCUT2D eigenvalue weighted by atomic mass is 10.2. The average Bonchev–Trinajstić information content (AvgIpc) is 2.90. The number of rotatable bonds is 5. The van der Waals surface area contributed by atoms with Crippen molar-refractivity contribution in [2.24, 2.45) is 0 Å². The molecule has 0 N–H and O–H groups in total. The van der Waals surface area contributed by atoms with E-state index in [9.17, 15) is 14.9 Å². The van der Waals surface area contributed by atoms with Crippen LogP contribution in [0.4, 0.5) is 5.69 Å². The summed E-state index contributed by atoms with van der Waals surface area (Å²) in [5, 5.41) is 12.1. The molecule has 0 aliphatic carbocycles. The van der Waals surface area contributed by atoms with Crippen molar-refractivity contribution in [3.05, 3.63) is 68.1 Å². The number of amides is 1. The van der Waals surface area contributed by atoms with E-state index in [1.807, 2.05) is 6.92 Å². The van der Waals surface area contributed by atoms with Crippen LogP contribution >= 0.6 is 47.3 Å². The molecule has 0 radical (unpaired) electrons. The zero-order valence-electron chi connectivity index (χ0n) is 14.0. The Bertz CT molecular complexity index is 961. The van der Waals surface area contributed by atoms with Crippen LogP contribution in [0.2, 0.25) is 5.02 Å². The summed E-state index contributed by atoms with van der Waals surface area (Å²) in [4.78, 5) is 26.7. The molecule has 9 heteroatoms. The summed E-state index contributed by atoms with van der Waals surface area (Å²) in [6.07, 6.45) is 1.64. The zero-order valence-corrected chi connectivity index (χ0v) is 17.3. The molecular formula is C18H13ClN2O3S3. The Morgan fingerprint density at radius 1 is 1.30 bits per heavy atom. The minimum absolute atomic E-state index is 0.0188. The minimum Gasteiger partial charge on any atom is -0.293 e. The van der Waals surface area contributed by atoms with Gasteiger partial charge >= 0.3 is 0 Å². The number of nitrogens with zero attached hydrogens (tertiary/aromatic N) is 2. The van der Waals surface area contributed by atoms with Gasteiger partial charge in [-0.25, -0.2) is 0 Å². The summed E-state index contributed by atoms with van der Waals surface area (Å²) in [5.74, 6) is -0.172. The standard InChI is InChI=1S/C18H13ClN2O3S3/c1-2-20-17(22)16(27-18(20)25)10-11-3-8-15(14(9-11)21(23)24)26-13-6-4-12(19)5-7-13/h3-10H,2H2,1H3/b16-10+. The van der Waals surface area contributed by atoms with Crippen LogP contribution in [0, 0.1) is 10.1 Å². The molecule has 2 aromatic rings. The summed E-state index contributed by atoms with van der Waals surface area (Å²) in [6, 6.07) is 12.0. The molecule has 2 aromatic carbocycles. The van der Waals surface area contributed by atoms with Gasteiger partial charge in [-0.3, -0.25) is 19.8 Å². The molecule has 0 atom stereocenters. The van der Waals surface area contributed by atoms with Crippen molar-refractivity contribution < 1.29 is 9.72 Å². The van der Waals surface area contributed by atoms with Crippen molar-refractivity contribution >= 4 is 69.3 Å². The van der Waals surface area contributed by atoms with Gasteiger partial charge in [0.05, 0.1) is 14.7 Å². The number of likely N-dealkylation sites (N-methyl/N-ethyl adjacent to an activating group) is 1. The Hall–Kier alpha value is -1.87. The maximum absolute atomic E-state index is 12.3. The SMILES string of the molecule is CCN1C(=O)/C(=C\c2ccc(Sc3ccc(Cl)cc3)c([N+](=O)[O-])c2)SC1=S. The lowest BCUT2D eigenvalue weighted by molar-refractivity contribution is -0.387. The number of benzene rings is 2. The number of nitro benzene ring substituents is 1. The number of nitro groups is 1. The third-order valence-corrected chi connectivity index (χ3v) is 6.41. The van der Waals surface area contributed by atoms with Crippen LogP contribution in [0.1, 0.15) is 12.5 Å². The van der Waals surface area contributed by atoms with Gasteiger partial charge in [0.1, 0.15) is 4.32 Å². The van der Waals surface area contributed by atoms with Crippen molar-refractivity contribution in [2.75, 3.05) is 6.54 Å². The number of thiocarbonyl (C=S) groups is 1. The average molecular weight is 437 g/mol. The number of hydrogen-bond donors (Lipinski definition) is 0. The predicted molar refractivity (Wildman–Crippen MR) is 114 cm³/mol. The van der Waals surface area contributed by atoms with E-state index in [0.29, 0.717) is 31.3 Å². The molecule has 1 amide bonds. The number of thioether (sulfide) groups is 1. The lowest BCUT2D eigenvalue weighted by Crippen LogP contribution is -2.27. The van der Waals surface area contributed by atoms with Crippen LogP contribution in [0.3, 0.4) is 0 Å². The third kappa shape index (κ3) is 4.52. The van der Waals surface area contributed by atoms with E-state index < -0.39 is 4.92 Å². The Labute approximate surface area is 174 Å². The highest BCUT2D eigenvalue weighted by molar-refractivity contribution is 8.26. The highest BCUT2D eigenvalue weighted by Gasteiger charge is 2.30. The molecule has 5 nitrogen and oxygen atoms in total. The first-order valence-electron chi connectivity index (χ1n) is 7.86. The molecule has 1 saturated heterocycles. The summed E-state index contributed by atoms with van der Waals surface area (Å²) in [6.45, 7) is 2.35. The molecule has 1 aliphatic rings. The number of carbonyl (C=O) groups is 1. The summed E-state index contributed by atoms with van der Waals surface area (Å²) >= 11 is 13.6. The van der Waals surface area contributed by atoms with Crippen molar-refractivity contribution in [2.45, 2.75) is 16.7 Å². The van der Waals surface area contributed by atoms with E-state index >= 15 is 0 Å². The van der Waals surface area contributed by atoms with Gasteiger partial charge < -0.3 is 0 Å². The fourth-order valence-electron chi connectivity index (χ4n) is 2.41. The quantitative estimate of drug-likeness (QED) is 0.262. The van der Waals surface area contributed by atoms with E-state index in [-0.39, 0.29) is 11.6 Å². The highest BCUT2D eigenvalue weighted by Crippen LogP contribution is 2.37. The van der Waals surface area contributed by atoms with Gasteiger partial charge in [-0.2, -0.15) is 0 Å². The van der Waals surface area contributed by atoms with Crippen LogP contribution in [0.5, 0.6) is 0 Å². The van der Waals surface area contributed by atoms with Gasteiger partial charge in [-0.15, -0.1) is 0 Å². The number of carbonyl (C=O) groups excluding carboxylic acids is 1. The van der Waals surface area contributed by atoms with Gasteiger partial charge in [-0.1, -0.05) is 53.4 Å². The molecular weight excluding hydrogens is 424 g/mol. The Balaban J connectivity index is 1.91. The second kappa shape index (κ2) is 8.43. The molecule has 1 heterocycles. The molecule has 0 saturated carbocycles. The molecule has 1 aliphatic heterocycles. The van der Waals surface area contributed by atoms with Gasteiger partial charge in [0, 0.05) is 22.5 Å². The van der Waals surface area contributed by atoms with Crippen molar-refractivity contribution in [3.63, 3.8) is 0 Å². The van der Waals surface area contributed by atoms with E-state index in [4.69, 9.17) is 23.8 Å². The lowest BCUT2D eigenvalue weighted by Gasteiger charge is -2.09. The van der Waals surface area contributed by atoms with E-state index in [1.165, 1.54) is 34.5 Å². The topological polar surface area (TPSA) is 63.5 Å². The summed E-state index contributed by atoms with van der Waals surface area (Å²) in [7, 11) is 0. The molecule has 27 heavy (non-hydrogen) atoms. The molecule has 0 bridgehead atoms. The summed E-state index contributed by atoms with van der Waals surface area (Å²) in [5.41, 5.74) is 0.563.